The molecule has 1 fully saturated rings. The second-order valence-electron chi connectivity index (χ2n) is 5.72. The van der Waals surface area contributed by atoms with E-state index in [0.29, 0.717) is 17.4 Å². The molecule has 3 rings (SSSR count). The van der Waals surface area contributed by atoms with Crippen molar-refractivity contribution in [3.8, 4) is 11.5 Å². The van der Waals surface area contributed by atoms with Gasteiger partial charge in [-0.15, -0.1) is 0 Å². The number of hydrogen-bond donors (Lipinski definition) is 1. The van der Waals surface area contributed by atoms with Crippen molar-refractivity contribution in [3.05, 3.63) is 36.3 Å². The van der Waals surface area contributed by atoms with Crippen LogP contribution in [0.25, 0.3) is 11.5 Å². The second-order valence-corrected chi connectivity index (χ2v) is 5.72. The molecule has 0 bridgehead atoms. The number of carbonyl (C=O) groups excluding carboxylic acids is 1. The number of likely N-dealkylation sites (N-methyl/N-ethyl adjacent to an activating group) is 1. The van der Waals surface area contributed by atoms with Gasteiger partial charge in [-0.1, -0.05) is 6.07 Å². The maximum atomic E-state index is 11.6. The van der Waals surface area contributed by atoms with Crippen LogP contribution in [0, 0.1) is 0 Å². The minimum atomic E-state index is -0.433. The highest BCUT2D eigenvalue weighted by atomic mass is 16.5. The van der Waals surface area contributed by atoms with Crippen LogP contribution in [0.5, 0.6) is 0 Å². The van der Waals surface area contributed by atoms with Gasteiger partial charge in [0.15, 0.2) is 5.82 Å². The number of esters is 1. The van der Waals surface area contributed by atoms with Crippen LogP contribution in [-0.4, -0.2) is 64.2 Å². The predicted octanol–water partition coefficient (Wildman–Crippen LogP) is 1.70. The lowest BCUT2D eigenvalue weighted by atomic mass is 10.1. The number of likely N-dealkylation sites (tertiary alicyclic amines) is 1. The third kappa shape index (κ3) is 4.63. The van der Waals surface area contributed by atoms with Gasteiger partial charge in [0.2, 0.25) is 0 Å². The Hall–Kier alpha value is -2.74. The Kier molecular flexibility index (Phi) is 6.64. The summed E-state index contributed by atoms with van der Waals surface area (Å²) >= 11 is 0. The third-order valence-corrected chi connectivity index (χ3v) is 4.03. The van der Waals surface area contributed by atoms with Crippen LogP contribution in [0.2, 0.25) is 0 Å². The molecule has 0 aromatic carbocycles. The van der Waals surface area contributed by atoms with E-state index in [0.717, 1.165) is 25.3 Å². The van der Waals surface area contributed by atoms with E-state index in [1.807, 2.05) is 12.3 Å². The number of piperidine rings is 1. The highest BCUT2D eigenvalue weighted by Crippen LogP contribution is 2.26. The van der Waals surface area contributed by atoms with Gasteiger partial charge in [-0.3, -0.25) is 4.79 Å². The van der Waals surface area contributed by atoms with Crippen molar-refractivity contribution in [2.24, 2.45) is 0 Å². The maximum Gasteiger partial charge on any atom is 0.356 e. The summed E-state index contributed by atoms with van der Waals surface area (Å²) in [5, 5.41) is 6.89. The first kappa shape index (κ1) is 18.6. The Bertz CT molecular complexity index is 716. The molecular weight excluding hydrogens is 324 g/mol. The quantitative estimate of drug-likeness (QED) is 0.667. The van der Waals surface area contributed by atoms with Crippen molar-refractivity contribution in [2.75, 3.05) is 27.2 Å². The van der Waals surface area contributed by atoms with Gasteiger partial charge in [0.05, 0.1) is 7.11 Å². The van der Waals surface area contributed by atoms with E-state index in [2.05, 4.69) is 26.5 Å². The number of nitrogens with zero attached hydrogens (tertiary/aromatic N) is 4. The molecule has 3 heterocycles. The Balaban J connectivity index is 0.000000701. The summed E-state index contributed by atoms with van der Waals surface area (Å²) in [5.41, 5.74) is 0.997. The zero-order chi connectivity index (χ0) is 18.2. The van der Waals surface area contributed by atoms with Crippen molar-refractivity contribution in [1.29, 1.82) is 0 Å². The number of pyridine rings is 1. The SMILES string of the molecule is COC(=O)c1cccc(-c2nccn2C2CCCN(C)C2)n1.O=CO. The molecule has 25 heavy (non-hydrogen) atoms. The zero-order valence-corrected chi connectivity index (χ0v) is 14.3. The molecule has 0 aliphatic carbocycles. The van der Waals surface area contributed by atoms with E-state index < -0.39 is 5.97 Å². The van der Waals surface area contributed by atoms with Gasteiger partial charge in [0.1, 0.15) is 11.4 Å². The number of carbonyl (C=O) groups is 2. The molecule has 1 aliphatic heterocycles. The first-order valence-corrected chi connectivity index (χ1v) is 7.95. The van der Waals surface area contributed by atoms with Crippen LogP contribution in [0.1, 0.15) is 29.4 Å². The molecule has 1 aliphatic rings. The lowest BCUT2D eigenvalue weighted by molar-refractivity contribution is -0.122. The Labute approximate surface area is 146 Å². The zero-order valence-electron chi connectivity index (χ0n) is 14.3. The average molecular weight is 346 g/mol. The number of rotatable bonds is 3. The summed E-state index contributed by atoms with van der Waals surface area (Å²) in [4.78, 5) is 31.2. The highest BCUT2D eigenvalue weighted by molar-refractivity contribution is 5.87. The molecule has 8 nitrogen and oxygen atoms in total. The van der Waals surface area contributed by atoms with E-state index in [1.54, 1.807) is 18.3 Å². The summed E-state index contributed by atoms with van der Waals surface area (Å²) in [6.45, 7) is 1.89. The van der Waals surface area contributed by atoms with Gasteiger partial charge in [-0.05, 0) is 38.6 Å². The smallest absolute Gasteiger partial charge is 0.356 e. The van der Waals surface area contributed by atoms with E-state index in [1.165, 1.54) is 13.5 Å². The van der Waals surface area contributed by atoms with E-state index >= 15 is 0 Å². The van der Waals surface area contributed by atoms with Gasteiger partial charge in [0, 0.05) is 25.0 Å². The molecule has 2 aromatic heterocycles. The van der Waals surface area contributed by atoms with Crippen LogP contribution in [0.3, 0.4) is 0 Å². The Morgan fingerprint density at radius 3 is 2.88 bits per heavy atom. The van der Waals surface area contributed by atoms with Crippen molar-refractivity contribution < 1.29 is 19.4 Å². The Morgan fingerprint density at radius 1 is 1.44 bits per heavy atom. The molecule has 1 N–H and O–H groups in total. The van der Waals surface area contributed by atoms with Gasteiger partial charge in [-0.2, -0.15) is 0 Å². The number of methoxy groups -OCH3 is 1. The summed E-state index contributed by atoms with van der Waals surface area (Å²) in [6.07, 6.45) is 6.08. The van der Waals surface area contributed by atoms with Crippen molar-refractivity contribution in [2.45, 2.75) is 18.9 Å². The van der Waals surface area contributed by atoms with Gasteiger partial charge in [0.25, 0.3) is 6.47 Å². The standard InChI is InChI=1S/C16H20N4O2.CH2O2/c1-19-9-4-5-12(11-19)20-10-8-17-15(20)13-6-3-7-14(18-13)16(21)22-2;2-1-3/h3,6-8,10,12H,4-5,9,11H2,1-2H3;1H,(H,2,3). The monoisotopic (exact) mass is 346 g/mol. The molecule has 2 aromatic rings. The van der Waals surface area contributed by atoms with E-state index in [-0.39, 0.29) is 6.47 Å². The number of ether oxygens (including phenoxy) is 1. The average Bonchev–Trinajstić information content (AvgIpc) is 3.11. The molecule has 134 valence electrons. The second kappa shape index (κ2) is 8.93. The van der Waals surface area contributed by atoms with Crippen molar-refractivity contribution in [1.82, 2.24) is 19.4 Å². The largest absolute Gasteiger partial charge is 0.483 e. The third-order valence-electron chi connectivity index (χ3n) is 4.03. The molecule has 0 saturated carbocycles. The first-order valence-electron chi connectivity index (χ1n) is 7.95. The lowest BCUT2D eigenvalue weighted by Crippen LogP contribution is -2.33. The van der Waals surface area contributed by atoms with E-state index in [9.17, 15) is 4.79 Å². The first-order chi connectivity index (χ1) is 12.1. The number of carboxylic acid groups (broad SMARTS) is 1. The maximum absolute atomic E-state index is 11.6. The highest BCUT2D eigenvalue weighted by Gasteiger charge is 2.22. The van der Waals surface area contributed by atoms with E-state index in [4.69, 9.17) is 14.6 Å². The van der Waals surface area contributed by atoms with Gasteiger partial charge < -0.3 is 19.3 Å². The van der Waals surface area contributed by atoms with Crippen LogP contribution < -0.4 is 0 Å². The van der Waals surface area contributed by atoms with Gasteiger partial charge >= 0.3 is 5.97 Å². The number of aromatic nitrogens is 3. The molecule has 0 spiro atoms. The normalized spacial score (nSPS) is 17.3. The Morgan fingerprint density at radius 2 is 2.20 bits per heavy atom. The topological polar surface area (TPSA) is 97.5 Å². The molecular formula is C17H22N4O4. The van der Waals surface area contributed by atoms with Crippen LogP contribution in [0.15, 0.2) is 30.6 Å². The fourth-order valence-corrected chi connectivity index (χ4v) is 2.95. The van der Waals surface area contributed by atoms with Crippen LogP contribution >= 0.6 is 0 Å². The lowest BCUT2D eigenvalue weighted by Gasteiger charge is -2.31. The molecule has 1 saturated heterocycles. The predicted molar refractivity (Wildman–Crippen MR) is 91.3 cm³/mol. The fraction of sp³-hybridized carbons (Fsp3) is 0.412. The van der Waals surface area contributed by atoms with Gasteiger partial charge in [-0.25, -0.2) is 14.8 Å². The van der Waals surface area contributed by atoms with Crippen molar-refractivity contribution in [3.63, 3.8) is 0 Å². The molecule has 8 heteroatoms. The minimum absolute atomic E-state index is 0.250. The van der Waals surface area contributed by atoms with Crippen molar-refractivity contribution >= 4 is 12.4 Å². The molecule has 1 atom stereocenters. The summed E-state index contributed by atoms with van der Waals surface area (Å²) < 4.78 is 6.90. The fourth-order valence-electron chi connectivity index (χ4n) is 2.95. The molecule has 1 unspecified atom stereocenters. The van der Waals surface area contributed by atoms with Crippen LogP contribution in [0.4, 0.5) is 0 Å². The van der Waals surface area contributed by atoms with Crippen LogP contribution in [-0.2, 0) is 9.53 Å². The number of imidazole rings is 1. The molecule has 0 amide bonds. The summed E-state index contributed by atoms with van der Waals surface area (Å²) in [5.74, 6) is 0.364. The molecule has 0 radical (unpaired) electrons. The summed E-state index contributed by atoms with van der Waals surface area (Å²) in [7, 11) is 3.49. The number of hydrogen-bond acceptors (Lipinski definition) is 6. The summed E-state index contributed by atoms with van der Waals surface area (Å²) in [6, 6.07) is 5.72. The minimum Gasteiger partial charge on any atom is -0.483 e.